The highest BCUT2D eigenvalue weighted by atomic mass is 19.1. The summed E-state index contributed by atoms with van der Waals surface area (Å²) in [5.74, 6) is -1.12. The fraction of sp³-hybridized carbons (Fsp3) is 0.533. The summed E-state index contributed by atoms with van der Waals surface area (Å²) in [6.07, 6.45) is 4.08. The van der Waals surface area contributed by atoms with Gasteiger partial charge in [-0.3, -0.25) is 4.79 Å². The van der Waals surface area contributed by atoms with Crippen molar-refractivity contribution in [3.05, 3.63) is 35.4 Å². The molecule has 0 saturated heterocycles. The van der Waals surface area contributed by atoms with E-state index < -0.39 is 11.6 Å². The third kappa shape index (κ3) is 3.11. The Balaban J connectivity index is 2.10. The number of hydrogen-bond donors (Lipinski definition) is 0. The molecule has 1 aromatic carbocycles. The van der Waals surface area contributed by atoms with Gasteiger partial charge in [0.05, 0.1) is 5.56 Å². The highest BCUT2D eigenvalue weighted by Gasteiger charge is 2.26. The van der Waals surface area contributed by atoms with E-state index in [1.807, 2.05) is 0 Å². The lowest BCUT2D eigenvalue weighted by atomic mass is 9.86. The van der Waals surface area contributed by atoms with Crippen LogP contribution in [0, 0.1) is 17.6 Å². The van der Waals surface area contributed by atoms with E-state index in [0.29, 0.717) is 5.92 Å². The lowest BCUT2D eigenvalue weighted by Crippen LogP contribution is -2.39. The molecule has 4 heteroatoms. The van der Waals surface area contributed by atoms with Crippen molar-refractivity contribution in [2.45, 2.75) is 38.6 Å². The highest BCUT2D eigenvalue weighted by molar-refractivity contribution is 5.94. The fourth-order valence-corrected chi connectivity index (χ4v) is 2.65. The van der Waals surface area contributed by atoms with Crippen LogP contribution in [-0.4, -0.2) is 23.9 Å². The Morgan fingerprint density at radius 1 is 1.21 bits per heavy atom. The highest BCUT2D eigenvalue weighted by Crippen LogP contribution is 2.27. The molecule has 19 heavy (non-hydrogen) atoms. The van der Waals surface area contributed by atoms with E-state index in [2.05, 4.69) is 6.92 Å². The predicted molar refractivity (Wildman–Crippen MR) is 69.9 cm³/mol. The number of hydrogen-bond acceptors (Lipinski definition) is 1. The first-order valence-corrected chi connectivity index (χ1v) is 6.71. The molecule has 0 aromatic heterocycles. The molecule has 1 fully saturated rings. The Kier molecular flexibility index (Phi) is 4.17. The number of benzene rings is 1. The predicted octanol–water partition coefficient (Wildman–Crippen LogP) is 3.62. The molecule has 1 aliphatic carbocycles. The minimum Gasteiger partial charge on any atom is -0.339 e. The molecule has 0 radical (unpaired) electrons. The van der Waals surface area contributed by atoms with Crippen LogP contribution in [-0.2, 0) is 0 Å². The van der Waals surface area contributed by atoms with E-state index in [0.717, 1.165) is 37.8 Å². The van der Waals surface area contributed by atoms with Gasteiger partial charge in [-0.05, 0) is 43.7 Å². The van der Waals surface area contributed by atoms with Gasteiger partial charge in [-0.15, -0.1) is 0 Å². The van der Waals surface area contributed by atoms with Crippen LogP contribution in [0.1, 0.15) is 43.0 Å². The van der Waals surface area contributed by atoms with Gasteiger partial charge in [-0.1, -0.05) is 6.92 Å². The lowest BCUT2D eigenvalue weighted by molar-refractivity contribution is 0.0674. The van der Waals surface area contributed by atoms with Gasteiger partial charge in [0.2, 0.25) is 0 Å². The molecule has 0 N–H and O–H groups in total. The van der Waals surface area contributed by atoms with E-state index >= 15 is 0 Å². The average molecular weight is 267 g/mol. The summed E-state index contributed by atoms with van der Waals surface area (Å²) >= 11 is 0. The maximum Gasteiger partial charge on any atom is 0.256 e. The van der Waals surface area contributed by atoms with Gasteiger partial charge in [0.15, 0.2) is 0 Å². The fourth-order valence-electron chi connectivity index (χ4n) is 2.65. The molecule has 0 spiro atoms. The maximum atomic E-state index is 13.6. The Labute approximate surface area is 112 Å². The van der Waals surface area contributed by atoms with Gasteiger partial charge < -0.3 is 4.90 Å². The molecular formula is C15H19F2NO. The molecule has 0 unspecified atom stereocenters. The zero-order chi connectivity index (χ0) is 14.0. The van der Waals surface area contributed by atoms with Crippen molar-refractivity contribution < 1.29 is 13.6 Å². The van der Waals surface area contributed by atoms with Gasteiger partial charge in [-0.2, -0.15) is 0 Å². The van der Waals surface area contributed by atoms with Crippen molar-refractivity contribution in [3.63, 3.8) is 0 Å². The number of rotatable bonds is 2. The van der Waals surface area contributed by atoms with Crippen LogP contribution in [0.5, 0.6) is 0 Å². The first kappa shape index (κ1) is 14.0. The Morgan fingerprint density at radius 2 is 1.84 bits per heavy atom. The van der Waals surface area contributed by atoms with Crippen LogP contribution in [0.3, 0.4) is 0 Å². The number of carbonyl (C=O) groups is 1. The van der Waals surface area contributed by atoms with E-state index in [4.69, 9.17) is 0 Å². The molecule has 1 aliphatic rings. The molecule has 0 aliphatic heterocycles. The van der Waals surface area contributed by atoms with Crippen molar-refractivity contribution in [1.29, 1.82) is 0 Å². The van der Waals surface area contributed by atoms with Crippen molar-refractivity contribution in [2.24, 2.45) is 5.92 Å². The summed E-state index contributed by atoms with van der Waals surface area (Å²) in [4.78, 5) is 13.8. The third-order valence-corrected chi connectivity index (χ3v) is 4.01. The van der Waals surface area contributed by atoms with Gasteiger partial charge in [0.25, 0.3) is 5.91 Å². The maximum absolute atomic E-state index is 13.6. The molecule has 2 rings (SSSR count). The molecule has 0 heterocycles. The largest absolute Gasteiger partial charge is 0.339 e. The summed E-state index contributed by atoms with van der Waals surface area (Å²) in [5.41, 5.74) is -0.0532. The van der Waals surface area contributed by atoms with E-state index in [1.165, 1.54) is 6.07 Å². The van der Waals surface area contributed by atoms with Gasteiger partial charge in [0.1, 0.15) is 11.6 Å². The summed E-state index contributed by atoms with van der Waals surface area (Å²) in [6.45, 7) is 2.21. The zero-order valence-electron chi connectivity index (χ0n) is 11.3. The smallest absolute Gasteiger partial charge is 0.256 e. The first-order valence-electron chi connectivity index (χ1n) is 6.71. The lowest BCUT2D eigenvalue weighted by Gasteiger charge is -2.33. The van der Waals surface area contributed by atoms with Crippen LogP contribution in [0.4, 0.5) is 8.78 Å². The summed E-state index contributed by atoms with van der Waals surface area (Å²) in [7, 11) is 1.70. The van der Waals surface area contributed by atoms with Crippen molar-refractivity contribution >= 4 is 5.91 Å². The van der Waals surface area contributed by atoms with E-state index in [9.17, 15) is 13.6 Å². The molecular weight excluding hydrogens is 248 g/mol. The Morgan fingerprint density at radius 3 is 2.42 bits per heavy atom. The van der Waals surface area contributed by atoms with Crippen LogP contribution in [0.25, 0.3) is 0 Å². The number of nitrogens with zero attached hydrogens (tertiary/aromatic N) is 1. The van der Waals surface area contributed by atoms with Crippen molar-refractivity contribution in [3.8, 4) is 0 Å². The van der Waals surface area contributed by atoms with Crippen LogP contribution in [0.2, 0.25) is 0 Å². The molecule has 1 amide bonds. The summed E-state index contributed by atoms with van der Waals surface area (Å²) < 4.78 is 26.4. The first-order chi connectivity index (χ1) is 8.99. The molecule has 104 valence electrons. The molecule has 1 aromatic rings. The number of amides is 1. The molecule has 0 bridgehead atoms. The Hall–Kier alpha value is -1.45. The average Bonchev–Trinajstić information content (AvgIpc) is 2.38. The summed E-state index contributed by atoms with van der Waals surface area (Å²) in [5, 5.41) is 0. The second-order valence-corrected chi connectivity index (χ2v) is 5.45. The SMILES string of the molecule is CC1CCC(N(C)C(=O)c2ccc(F)cc2F)CC1. The topological polar surface area (TPSA) is 20.3 Å². The summed E-state index contributed by atoms with van der Waals surface area (Å²) in [6, 6.07) is 3.25. The van der Waals surface area contributed by atoms with E-state index in [-0.39, 0.29) is 17.5 Å². The number of halogens is 2. The standard InChI is InChI=1S/C15H19F2NO/c1-10-3-6-12(7-4-10)18(2)15(19)13-8-5-11(16)9-14(13)17/h5,8-10,12H,3-4,6-7H2,1-2H3. The zero-order valence-corrected chi connectivity index (χ0v) is 11.3. The van der Waals surface area contributed by atoms with Gasteiger partial charge >= 0.3 is 0 Å². The minimum absolute atomic E-state index is 0.0532. The molecule has 1 saturated carbocycles. The Bertz CT molecular complexity index is 467. The normalized spacial score (nSPS) is 23.2. The van der Waals surface area contributed by atoms with Crippen LogP contribution in [0.15, 0.2) is 18.2 Å². The second kappa shape index (κ2) is 5.68. The van der Waals surface area contributed by atoms with Gasteiger partial charge in [0, 0.05) is 19.2 Å². The minimum atomic E-state index is -0.791. The molecule has 0 atom stereocenters. The van der Waals surface area contributed by atoms with Crippen LogP contribution >= 0.6 is 0 Å². The molecule has 2 nitrogen and oxygen atoms in total. The van der Waals surface area contributed by atoms with Crippen molar-refractivity contribution in [1.82, 2.24) is 4.90 Å². The quantitative estimate of drug-likeness (QED) is 0.801. The van der Waals surface area contributed by atoms with E-state index in [1.54, 1.807) is 11.9 Å². The third-order valence-electron chi connectivity index (χ3n) is 4.01. The van der Waals surface area contributed by atoms with Crippen LogP contribution < -0.4 is 0 Å². The number of carbonyl (C=O) groups excluding carboxylic acids is 1. The van der Waals surface area contributed by atoms with Gasteiger partial charge in [-0.25, -0.2) is 8.78 Å². The van der Waals surface area contributed by atoms with Crippen molar-refractivity contribution in [2.75, 3.05) is 7.05 Å². The monoisotopic (exact) mass is 267 g/mol. The second-order valence-electron chi connectivity index (χ2n) is 5.45.